The van der Waals surface area contributed by atoms with Gasteiger partial charge in [0, 0.05) is 39.4 Å². The first-order valence-corrected chi connectivity index (χ1v) is 5.98. The van der Waals surface area contributed by atoms with Crippen molar-refractivity contribution in [1.82, 2.24) is 0 Å². The van der Waals surface area contributed by atoms with Crippen molar-refractivity contribution in [1.29, 1.82) is 0 Å². The van der Waals surface area contributed by atoms with Crippen LogP contribution in [0.4, 0.5) is 5.69 Å². The average molecular weight is 297 g/mol. The van der Waals surface area contributed by atoms with Crippen molar-refractivity contribution in [3.63, 3.8) is 0 Å². The van der Waals surface area contributed by atoms with E-state index in [2.05, 4.69) is 6.07 Å². The maximum absolute atomic E-state index is 10.8. The number of hydrogen-bond acceptors (Lipinski definition) is 3. The van der Waals surface area contributed by atoms with E-state index in [0.29, 0.717) is 26.9 Å². The van der Waals surface area contributed by atoms with Crippen LogP contribution in [-0.2, 0) is 0 Å². The van der Waals surface area contributed by atoms with Crippen LogP contribution in [0, 0.1) is 16.2 Å². The van der Waals surface area contributed by atoms with Gasteiger partial charge in [-0.25, -0.2) is 0 Å². The summed E-state index contributed by atoms with van der Waals surface area (Å²) < 4.78 is 5.17. The summed E-state index contributed by atoms with van der Waals surface area (Å²) in [4.78, 5) is 10.3. The number of nitro groups is 1. The molecular formula is C13H8Cl2NO3. The van der Waals surface area contributed by atoms with E-state index in [-0.39, 0.29) is 5.69 Å². The van der Waals surface area contributed by atoms with Crippen LogP contribution in [0.25, 0.3) is 11.1 Å². The van der Waals surface area contributed by atoms with E-state index in [1.165, 1.54) is 25.3 Å². The van der Waals surface area contributed by atoms with Gasteiger partial charge in [-0.2, -0.15) is 0 Å². The fraction of sp³-hybridized carbons (Fsp3) is 0.0769. The van der Waals surface area contributed by atoms with E-state index >= 15 is 0 Å². The molecular weight excluding hydrogens is 289 g/mol. The van der Waals surface area contributed by atoms with Crippen LogP contribution in [0.15, 0.2) is 30.3 Å². The Labute approximate surface area is 119 Å². The summed E-state index contributed by atoms with van der Waals surface area (Å²) in [6, 6.07) is 10.2. The third-order valence-electron chi connectivity index (χ3n) is 2.52. The molecule has 19 heavy (non-hydrogen) atoms. The zero-order chi connectivity index (χ0) is 14.0. The highest BCUT2D eigenvalue weighted by atomic mass is 35.5. The maximum atomic E-state index is 10.8. The van der Waals surface area contributed by atoms with Crippen LogP contribution < -0.4 is 4.74 Å². The zero-order valence-corrected chi connectivity index (χ0v) is 11.3. The van der Waals surface area contributed by atoms with Gasteiger partial charge in [-0.3, -0.25) is 10.1 Å². The number of non-ortho nitro benzene ring substituents is 1. The molecule has 0 aliphatic rings. The van der Waals surface area contributed by atoms with Crippen LogP contribution in [-0.4, -0.2) is 12.0 Å². The number of nitro benzene ring substituents is 1. The minimum atomic E-state index is -0.486. The molecule has 0 fully saturated rings. The number of benzene rings is 2. The fourth-order valence-electron chi connectivity index (χ4n) is 1.66. The van der Waals surface area contributed by atoms with Crippen molar-refractivity contribution in [2.24, 2.45) is 0 Å². The van der Waals surface area contributed by atoms with Gasteiger partial charge >= 0.3 is 0 Å². The first kappa shape index (κ1) is 13.6. The normalized spacial score (nSPS) is 10.3. The number of halogens is 2. The number of rotatable bonds is 3. The van der Waals surface area contributed by atoms with Gasteiger partial charge in [-0.1, -0.05) is 23.2 Å². The Morgan fingerprint density at radius 1 is 1.26 bits per heavy atom. The number of ether oxygens (including phenoxy) is 1. The molecule has 0 saturated heterocycles. The minimum Gasteiger partial charge on any atom is -0.495 e. The van der Waals surface area contributed by atoms with E-state index in [0.717, 1.165) is 0 Å². The fourth-order valence-corrected chi connectivity index (χ4v) is 2.04. The highest BCUT2D eigenvalue weighted by Gasteiger charge is 2.15. The molecule has 0 heterocycles. The standard InChI is InChI=1S/C13H8Cl2NO3/c1-19-13-5-2-8(14)6-11(13)10-7-9(16(17)18)3-4-12(10)15/h2-4,6-7H,1H3. The maximum Gasteiger partial charge on any atom is 0.270 e. The molecule has 0 N–H and O–H groups in total. The van der Waals surface area contributed by atoms with Gasteiger partial charge in [0.25, 0.3) is 5.69 Å². The molecule has 0 amide bonds. The van der Waals surface area contributed by atoms with E-state index in [1.54, 1.807) is 12.1 Å². The molecule has 0 aliphatic carbocycles. The Balaban J connectivity index is 2.67. The smallest absolute Gasteiger partial charge is 0.270 e. The van der Waals surface area contributed by atoms with E-state index in [9.17, 15) is 10.1 Å². The largest absolute Gasteiger partial charge is 0.495 e. The minimum absolute atomic E-state index is 0.0542. The van der Waals surface area contributed by atoms with Crippen molar-refractivity contribution in [2.75, 3.05) is 7.11 Å². The lowest BCUT2D eigenvalue weighted by atomic mass is 10.0. The molecule has 2 aromatic carbocycles. The molecule has 0 spiro atoms. The molecule has 97 valence electrons. The van der Waals surface area contributed by atoms with Crippen molar-refractivity contribution < 1.29 is 9.66 Å². The lowest BCUT2D eigenvalue weighted by Gasteiger charge is -2.10. The zero-order valence-electron chi connectivity index (χ0n) is 9.81. The SMILES string of the molecule is COc1[c]cc(Cl)cc1-c1cc([N+](=O)[O-])ccc1Cl. The molecule has 0 aromatic heterocycles. The van der Waals surface area contributed by atoms with Crippen molar-refractivity contribution in [3.8, 4) is 16.9 Å². The number of hydrogen-bond donors (Lipinski definition) is 0. The van der Waals surface area contributed by atoms with E-state index in [1.807, 2.05) is 0 Å². The molecule has 0 saturated carbocycles. The molecule has 0 aliphatic heterocycles. The molecule has 4 nitrogen and oxygen atoms in total. The third kappa shape index (κ3) is 2.80. The van der Waals surface area contributed by atoms with Crippen LogP contribution >= 0.6 is 23.2 Å². The molecule has 0 bridgehead atoms. The van der Waals surface area contributed by atoms with Crippen LogP contribution in [0.2, 0.25) is 10.0 Å². The lowest BCUT2D eigenvalue weighted by Crippen LogP contribution is -1.92. The Hall–Kier alpha value is -1.78. The Morgan fingerprint density at radius 3 is 2.63 bits per heavy atom. The molecule has 0 atom stereocenters. The van der Waals surface area contributed by atoms with Gasteiger partial charge in [-0.05, 0) is 18.2 Å². The van der Waals surface area contributed by atoms with Crippen LogP contribution in [0.3, 0.4) is 0 Å². The summed E-state index contributed by atoms with van der Waals surface area (Å²) in [5.41, 5.74) is 0.983. The quantitative estimate of drug-likeness (QED) is 0.624. The van der Waals surface area contributed by atoms with E-state index < -0.39 is 4.92 Å². The first-order valence-electron chi connectivity index (χ1n) is 5.22. The predicted molar refractivity (Wildman–Crippen MR) is 73.9 cm³/mol. The summed E-state index contributed by atoms with van der Waals surface area (Å²) in [6.45, 7) is 0. The summed E-state index contributed by atoms with van der Waals surface area (Å²) in [5.74, 6) is 0.423. The lowest BCUT2D eigenvalue weighted by molar-refractivity contribution is -0.384. The van der Waals surface area contributed by atoms with Crippen molar-refractivity contribution in [2.45, 2.75) is 0 Å². The average Bonchev–Trinajstić information content (AvgIpc) is 2.39. The third-order valence-corrected chi connectivity index (χ3v) is 3.07. The van der Waals surface area contributed by atoms with Crippen molar-refractivity contribution >= 4 is 28.9 Å². The van der Waals surface area contributed by atoms with Gasteiger partial charge in [0.05, 0.1) is 12.0 Å². The molecule has 6 heteroatoms. The second kappa shape index (κ2) is 5.47. The van der Waals surface area contributed by atoms with E-state index in [4.69, 9.17) is 27.9 Å². The molecule has 1 radical (unpaired) electrons. The molecule has 2 rings (SSSR count). The summed E-state index contributed by atoms with van der Waals surface area (Å²) in [5, 5.41) is 11.6. The van der Waals surface area contributed by atoms with Crippen LogP contribution in [0.5, 0.6) is 5.75 Å². The predicted octanol–water partition coefficient (Wildman–Crippen LogP) is 4.38. The Kier molecular flexibility index (Phi) is 3.93. The Morgan fingerprint density at radius 2 is 2.00 bits per heavy atom. The van der Waals surface area contributed by atoms with Gasteiger partial charge in [0.1, 0.15) is 5.75 Å². The highest BCUT2D eigenvalue weighted by Crippen LogP contribution is 2.38. The summed E-state index contributed by atoms with van der Waals surface area (Å²) >= 11 is 12.0. The summed E-state index contributed by atoms with van der Waals surface area (Å²) in [7, 11) is 1.48. The summed E-state index contributed by atoms with van der Waals surface area (Å²) in [6.07, 6.45) is 0. The van der Waals surface area contributed by atoms with Gasteiger partial charge < -0.3 is 4.74 Å². The number of methoxy groups -OCH3 is 1. The highest BCUT2D eigenvalue weighted by molar-refractivity contribution is 6.34. The van der Waals surface area contributed by atoms with Gasteiger partial charge in [0.2, 0.25) is 0 Å². The Bertz CT molecular complexity index is 644. The molecule has 2 aromatic rings. The van der Waals surface area contributed by atoms with Crippen LogP contribution in [0.1, 0.15) is 0 Å². The number of nitrogens with zero attached hydrogens (tertiary/aromatic N) is 1. The van der Waals surface area contributed by atoms with Crippen molar-refractivity contribution in [3.05, 3.63) is 56.6 Å². The monoisotopic (exact) mass is 296 g/mol. The van der Waals surface area contributed by atoms with Gasteiger partial charge in [-0.15, -0.1) is 0 Å². The second-order valence-corrected chi connectivity index (χ2v) is 4.53. The first-order chi connectivity index (χ1) is 9.02. The topological polar surface area (TPSA) is 52.4 Å². The van der Waals surface area contributed by atoms with Gasteiger partial charge in [0.15, 0.2) is 0 Å². The second-order valence-electron chi connectivity index (χ2n) is 3.69. The molecule has 0 unspecified atom stereocenters.